The minimum atomic E-state index is -0.432. The normalized spacial score (nSPS) is 12.0. The second-order valence-corrected chi connectivity index (χ2v) is 8.18. The molecule has 0 radical (unpaired) electrons. The first-order valence-corrected chi connectivity index (χ1v) is 10.1. The van der Waals surface area contributed by atoms with E-state index in [1.165, 1.54) is 32.9 Å². The molecule has 0 fully saturated rings. The summed E-state index contributed by atoms with van der Waals surface area (Å²) in [5.74, 6) is -0.160. The smallest absolute Gasteiger partial charge is 0.311 e. The van der Waals surface area contributed by atoms with Gasteiger partial charge in [-0.25, -0.2) is 0 Å². The molecule has 0 unspecified atom stereocenters. The summed E-state index contributed by atoms with van der Waals surface area (Å²) < 4.78 is 13.4. The van der Waals surface area contributed by atoms with Crippen LogP contribution in [0, 0.1) is 19.3 Å². The molecule has 4 heteroatoms. The van der Waals surface area contributed by atoms with E-state index in [1.807, 2.05) is 20.8 Å². The van der Waals surface area contributed by atoms with Crippen molar-refractivity contribution < 1.29 is 14.3 Å². The number of hydrogen-bond donors (Lipinski definition) is 0. The van der Waals surface area contributed by atoms with E-state index < -0.39 is 5.41 Å². The number of aromatic nitrogens is 1. The predicted molar refractivity (Wildman–Crippen MR) is 115 cm³/mol. The van der Waals surface area contributed by atoms with Crippen LogP contribution in [0.5, 0.6) is 0 Å². The molecular weight excluding hydrogens is 350 g/mol. The minimum Gasteiger partial charge on any atom is -0.463 e. The van der Waals surface area contributed by atoms with Gasteiger partial charge in [0.25, 0.3) is 0 Å². The van der Waals surface area contributed by atoms with Crippen LogP contribution in [0.15, 0.2) is 36.4 Å². The first-order valence-electron chi connectivity index (χ1n) is 10.1. The largest absolute Gasteiger partial charge is 0.463 e. The van der Waals surface area contributed by atoms with Gasteiger partial charge in [-0.3, -0.25) is 4.79 Å². The highest BCUT2D eigenvalue weighted by Gasteiger charge is 2.26. The van der Waals surface area contributed by atoms with Crippen LogP contribution in [0.2, 0.25) is 0 Å². The van der Waals surface area contributed by atoms with Crippen molar-refractivity contribution in [1.29, 1.82) is 0 Å². The third-order valence-electron chi connectivity index (χ3n) is 5.53. The van der Waals surface area contributed by atoms with Gasteiger partial charge in [0.15, 0.2) is 0 Å². The lowest BCUT2D eigenvalue weighted by molar-refractivity contribution is -0.155. The lowest BCUT2D eigenvalue weighted by atomic mass is 9.91. The second kappa shape index (κ2) is 8.36. The van der Waals surface area contributed by atoms with Crippen molar-refractivity contribution in [3.8, 4) is 0 Å². The highest BCUT2D eigenvalue weighted by atomic mass is 16.6. The molecule has 0 N–H and O–H groups in total. The van der Waals surface area contributed by atoms with Gasteiger partial charge in [0.05, 0.1) is 18.6 Å². The maximum atomic E-state index is 12.0. The van der Waals surface area contributed by atoms with E-state index >= 15 is 0 Å². The number of esters is 1. The summed E-state index contributed by atoms with van der Waals surface area (Å²) in [5.41, 5.74) is 4.54. The van der Waals surface area contributed by atoms with Gasteiger partial charge < -0.3 is 14.0 Å². The molecule has 0 amide bonds. The highest BCUT2D eigenvalue weighted by molar-refractivity contribution is 6.08. The zero-order valence-electron chi connectivity index (χ0n) is 17.7. The van der Waals surface area contributed by atoms with E-state index in [0.29, 0.717) is 19.8 Å². The van der Waals surface area contributed by atoms with E-state index in [1.54, 1.807) is 0 Å². The molecule has 3 rings (SSSR count). The first kappa shape index (κ1) is 20.4. The molecular formula is C24H31NO3. The Kier molecular flexibility index (Phi) is 6.09. The number of aryl methyl sites for hydroxylation is 2. The zero-order chi connectivity index (χ0) is 20.3. The molecule has 0 spiro atoms. The molecule has 2 aromatic carbocycles. The summed E-state index contributed by atoms with van der Waals surface area (Å²) in [6, 6.07) is 13.2. The molecule has 0 aliphatic carbocycles. The van der Waals surface area contributed by atoms with Crippen LogP contribution in [0.1, 0.15) is 38.3 Å². The average Bonchev–Trinajstić information content (AvgIpc) is 2.96. The summed E-state index contributed by atoms with van der Waals surface area (Å²) in [4.78, 5) is 12.0. The molecule has 4 nitrogen and oxygen atoms in total. The summed E-state index contributed by atoms with van der Waals surface area (Å²) >= 11 is 0. The molecule has 0 saturated heterocycles. The Hall–Kier alpha value is -2.33. The molecule has 0 atom stereocenters. The van der Waals surface area contributed by atoms with Crippen molar-refractivity contribution in [2.45, 2.75) is 47.6 Å². The van der Waals surface area contributed by atoms with Gasteiger partial charge >= 0.3 is 5.97 Å². The third kappa shape index (κ3) is 4.22. The molecule has 0 saturated carbocycles. The SMILES string of the molecule is CCC(C)(C)C(=O)OCCOCCn1c2cc(C)ccc2c2ccc(C)cc21. The number of benzene rings is 2. The van der Waals surface area contributed by atoms with E-state index in [4.69, 9.17) is 9.47 Å². The fourth-order valence-corrected chi connectivity index (χ4v) is 3.35. The molecule has 3 aromatic rings. The number of nitrogens with zero attached hydrogens (tertiary/aromatic N) is 1. The Morgan fingerprint density at radius 2 is 1.50 bits per heavy atom. The van der Waals surface area contributed by atoms with Gasteiger partial charge in [0, 0.05) is 28.4 Å². The van der Waals surface area contributed by atoms with Crippen molar-refractivity contribution in [3.63, 3.8) is 0 Å². The number of hydrogen-bond acceptors (Lipinski definition) is 3. The number of rotatable bonds is 8. The maximum absolute atomic E-state index is 12.0. The lowest BCUT2D eigenvalue weighted by Gasteiger charge is -2.20. The van der Waals surface area contributed by atoms with Crippen LogP contribution in [0.25, 0.3) is 21.8 Å². The summed E-state index contributed by atoms with van der Waals surface area (Å²) in [6.45, 7) is 12.1. The van der Waals surface area contributed by atoms with Crippen LogP contribution in [0.4, 0.5) is 0 Å². The Bertz CT molecular complexity index is 925. The first-order chi connectivity index (χ1) is 13.3. The van der Waals surface area contributed by atoms with E-state index in [2.05, 4.69) is 54.8 Å². The van der Waals surface area contributed by atoms with E-state index in [0.717, 1.165) is 13.0 Å². The Labute approximate surface area is 167 Å². The average molecular weight is 382 g/mol. The van der Waals surface area contributed by atoms with Crippen molar-refractivity contribution in [1.82, 2.24) is 4.57 Å². The fourth-order valence-electron chi connectivity index (χ4n) is 3.35. The molecule has 0 aliphatic rings. The molecule has 1 heterocycles. The second-order valence-electron chi connectivity index (χ2n) is 8.18. The Morgan fingerprint density at radius 3 is 2.04 bits per heavy atom. The van der Waals surface area contributed by atoms with Crippen LogP contribution < -0.4 is 0 Å². The third-order valence-corrected chi connectivity index (χ3v) is 5.53. The van der Waals surface area contributed by atoms with Crippen molar-refractivity contribution in [2.75, 3.05) is 19.8 Å². The molecule has 0 bridgehead atoms. The Morgan fingerprint density at radius 1 is 0.929 bits per heavy atom. The zero-order valence-corrected chi connectivity index (χ0v) is 17.7. The van der Waals surface area contributed by atoms with Crippen molar-refractivity contribution in [2.24, 2.45) is 5.41 Å². The van der Waals surface area contributed by atoms with E-state index in [9.17, 15) is 4.79 Å². The number of fused-ring (bicyclic) bond motifs is 3. The van der Waals surface area contributed by atoms with Crippen molar-refractivity contribution in [3.05, 3.63) is 47.5 Å². The monoisotopic (exact) mass is 381 g/mol. The summed E-state index contributed by atoms with van der Waals surface area (Å²) in [5, 5.41) is 2.55. The van der Waals surface area contributed by atoms with Gasteiger partial charge in [-0.15, -0.1) is 0 Å². The van der Waals surface area contributed by atoms with Gasteiger partial charge in [-0.1, -0.05) is 31.2 Å². The topological polar surface area (TPSA) is 40.5 Å². The molecule has 150 valence electrons. The van der Waals surface area contributed by atoms with Crippen LogP contribution in [-0.4, -0.2) is 30.4 Å². The number of ether oxygens (including phenoxy) is 2. The van der Waals surface area contributed by atoms with E-state index in [-0.39, 0.29) is 5.97 Å². The van der Waals surface area contributed by atoms with Crippen LogP contribution in [-0.2, 0) is 20.8 Å². The molecule has 0 aliphatic heterocycles. The van der Waals surface area contributed by atoms with Crippen LogP contribution >= 0.6 is 0 Å². The van der Waals surface area contributed by atoms with Crippen molar-refractivity contribution >= 4 is 27.8 Å². The number of carbonyl (C=O) groups excluding carboxylic acids is 1. The predicted octanol–water partition coefficient (Wildman–Crippen LogP) is 5.41. The molecule has 28 heavy (non-hydrogen) atoms. The van der Waals surface area contributed by atoms with Gasteiger partial charge in [-0.05, 0) is 57.4 Å². The van der Waals surface area contributed by atoms with Gasteiger partial charge in [-0.2, -0.15) is 0 Å². The summed E-state index contributed by atoms with van der Waals surface area (Å²) in [6.07, 6.45) is 0.763. The highest BCUT2D eigenvalue weighted by Crippen LogP contribution is 2.30. The van der Waals surface area contributed by atoms with Crippen LogP contribution in [0.3, 0.4) is 0 Å². The Balaban J connectivity index is 1.65. The molecule has 1 aromatic heterocycles. The summed E-state index contributed by atoms with van der Waals surface area (Å²) in [7, 11) is 0. The van der Waals surface area contributed by atoms with Gasteiger partial charge in [0.1, 0.15) is 6.61 Å². The van der Waals surface area contributed by atoms with Gasteiger partial charge in [0.2, 0.25) is 0 Å². The fraction of sp³-hybridized carbons (Fsp3) is 0.458. The maximum Gasteiger partial charge on any atom is 0.311 e. The lowest BCUT2D eigenvalue weighted by Crippen LogP contribution is -2.27. The minimum absolute atomic E-state index is 0.160. The quantitative estimate of drug-likeness (QED) is 0.387. The number of carbonyl (C=O) groups is 1. The standard InChI is InChI=1S/C24H31NO3/c1-6-24(4,5)23(26)28-14-13-27-12-11-25-21-15-17(2)7-9-19(21)20-10-8-18(3)16-22(20)25/h7-10,15-16H,6,11-14H2,1-5H3.